The van der Waals surface area contributed by atoms with Crippen molar-refractivity contribution in [3.05, 3.63) is 14.7 Å². The van der Waals surface area contributed by atoms with Gasteiger partial charge in [0.25, 0.3) is 0 Å². The van der Waals surface area contributed by atoms with Crippen LogP contribution in [-0.4, -0.2) is 27.4 Å². The van der Waals surface area contributed by atoms with E-state index in [1.165, 1.54) is 25.3 Å². The molecule has 0 bridgehead atoms. The molecule has 2 N–H and O–H groups in total. The molecule has 1 fully saturated rings. The van der Waals surface area contributed by atoms with E-state index in [4.69, 9.17) is 23.2 Å². The summed E-state index contributed by atoms with van der Waals surface area (Å²) in [6.45, 7) is 0.364. The van der Waals surface area contributed by atoms with Crippen molar-refractivity contribution in [2.24, 2.45) is 5.92 Å². The second-order valence-corrected chi connectivity index (χ2v) is 9.67. The summed E-state index contributed by atoms with van der Waals surface area (Å²) in [4.78, 5) is 11.8. The van der Waals surface area contributed by atoms with E-state index >= 15 is 0 Å². The number of hydrogen-bond donors (Lipinski definition) is 2. The molecular formula is C14H20Cl2N2O3S2. The third kappa shape index (κ3) is 5.90. The summed E-state index contributed by atoms with van der Waals surface area (Å²) in [7, 11) is -3.70. The van der Waals surface area contributed by atoms with Crippen molar-refractivity contribution in [2.45, 2.75) is 43.4 Å². The quantitative estimate of drug-likeness (QED) is 0.690. The molecule has 1 saturated carbocycles. The average Bonchev–Trinajstić information content (AvgIpc) is 2.84. The van der Waals surface area contributed by atoms with Crippen LogP contribution in [0.4, 0.5) is 0 Å². The number of rotatable bonds is 7. The van der Waals surface area contributed by atoms with Gasteiger partial charge in [0.15, 0.2) is 0 Å². The molecule has 1 aromatic rings. The van der Waals surface area contributed by atoms with Crippen LogP contribution in [0, 0.1) is 5.92 Å². The lowest BCUT2D eigenvalue weighted by molar-refractivity contribution is -0.122. The molecule has 9 heteroatoms. The highest BCUT2D eigenvalue weighted by molar-refractivity contribution is 7.89. The fourth-order valence-electron chi connectivity index (χ4n) is 2.70. The van der Waals surface area contributed by atoms with Crippen LogP contribution in [0.15, 0.2) is 11.0 Å². The molecule has 0 spiro atoms. The van der Waals surface area contributed by atoms with Crippen LogP contribution < -0.4 is 10.0 Å². The molecule has 1 aliphatic carbocycles. The van der Waals surface area contributed by atoms with Gasteiger partial charge in [0.2, 0.25) is 15.9 Å². The molecule has 130 valence electrons. The van der Waals surface area contributed by atoms with Gasteiger partial charge in [-0.05, 0) is 24.8 Å². The molecule has 0 atom stereocenters. The molecule has 23 heavy (non-hydrogen) atoms. The Morgan fingerprint density at radius 1 is 1.22 bits per heavy atom. The summed E-state index contributed by atoms with van der Waals surface area (Å²) >= 11 is 12.6. The van der Waals surface area contributed by atoms with Crippen molar-refractivity contribution in [2.75, 3.05) is 13.1 Å². The van der Waals surface area contributed by atoms with Crippen LogP contribution in [-0.2, 0) is 14.8 Å². The van der Waals surface area contributed by atoms with Gasteiger partial charge >= 0.3 is 0 Å². The average molecular weight is 399 g/mol. The zero-order valence-electron chi connectivity index (χ0n) is 12.6. The Hall–Kier alpha value is -0.340. The summed E-state index contributed by atoms with van der Waals surface area (Å²) in [6.07, 6.45) is 6.39. The number of amides is 1. The summed E-state index contributed by atoms with van der Waals surface area (Å²) in [6, 6.07) is 1.32. The molecule has 1 aromatic heterocycles. The Labute approximate surface area is 150 Å². The van der Waals surface area contributed by atoms with E-state index < -0.39 is 10.0 Å². The smallest absolute Gasteiger partial charge is 0.243 e. The predicted molar refractivity (Wildman–Crippen MR) is 93.7 cm³/mol. The monoisotopic (exact) mass is 398 g/mol. The minimum absolute atomic E-state index is 0.0206. The van der Waals surface area contributed by atoms with E-state index in [1.54, 1.807) is 0 Å². The standard InChI is InChI=1S/C14H20Cl2N2O3S2/c15-12-9-11(14(16)22-12)23(20,21)18-7-6-17-13(19)8-10-4-2-1-3-5-10/h9-10,18H,1-8H2,(H,17,19). The lowest BCUT2D eigenvalue weighted by Gasteiger charge is -2.20. The first-order valence-corrected chi connectivity index (χ1v) is 10.7. The van der Waals surface area contributed by atoms with E-state index in [-0.39, 0.29) is 28.2 Å². The van der Waals surface area contributed by atoms with Crippen LogP contribution in [0.25, 0.3) is 0 Å². The van der Waals surface area contributed by atoms with E-state index in [0.29, 0.717) is 16.7 Å². The second kappa shape index (κ2) is 8.67. The fourth-order valence-corrected chi connectivity index (χ4v) is 5.88. The maximum atomic E-state index is 12.1. The molecular weight excluding hydrogens is 379 g/mol. The summed E-state index contributed by atoms with van der Waals surface area (Å²) in [5.41, 5.74) is 0. The Morgan fingerprint density at radius 2 is 1.91 bits per heavy atom. The van der Waals surface area contributed by atoms with Crippen LogP contribution >= 0.6 is 34.5 Å². The Kier molecular flexibility index (Phi) is 7.16. The molecule has 0 radical (unpaired) electrons. The Bertz CT molecular complexity index is 640. The first-order chi connectivity index (χ1) is 10.9. The van der Waals surface area contributed by atoms with E-state index in [0.717, 1.165) is 24.2 Å². The van der Waals surface area contributed by atoms with Gasteiger partial charge in [0, 0.05) is 19.5 Å². The number of halogens is 2. The van der Waals surface area contributed by atoms with Crippen molar-refractivity contribution < 1.29 is 13.2 Å². The third-order valence-corrected chi connectivity index (χ3v) is 7.07. The van der Waals surface area contributed by atoms with Gasteiger partial charge in [-0.25, -0.2) is 13.1 Å². The van der Waals surface area contributed by atoms with Crippen molar-refractivity contribution in [1.82, 2.24) is 10.0 Å². The number of carbonyl (C=O) groups is 1. The van der Waals surface area contributed by atoms with Crippen molar-refractivity contribution in [3.8, 4) is 0 Å². The number of nitrogens with one attached hydrogen (secondary N) is 2. The number of sulfonamides is 1. The number of thiophene rings is 1. The van der Waals surface area contributed by atoms with Gasteiger partial charge in [-0.15, -0.1) is 11.3 Å². The third-order valence-electron chi connectivity index (χ3n) is 3.85. The maximum absolute atomic E-state index is 12.1. The maximum Gasteiger partial charge on any atom is 0.243 e. The molecule has 0 saturated heterocycles. The normalized spacial score (nSPS) is 16.4. The number of carbonyl (C=O) groups excluding carboxylic acids is 1. The van der Waals surface area contributed by atoms with Gasteiger partial charge in [0.1, 0.15) is 9.23 Å². The number of hydrogen-bond acceptors (Lipinski definition) is 4. The first kappa shape index (κ1) is 19.0. The van der Waals surface area contributed by atoms with E-state index in [2.05, 4.69) is 10.0 Å². The topological polar surface area (TPSA) is 75.3 Å². The Balaban J connectivity index is 1.72. The molecule has 2 rings (SSSR count). The highest BCUT2D eigenvalue weighted by Crippen LogP contribution is 2.34. The van der Waals surface area contributed by atoms with Crippen molar-refractivity contribution >= 4 is 50.5 Å². The summed E-state index contributed by atoms with van der Waals surface area (Å²) in [5, 5.41) is 2.75. The van der Waals surface area contributed by atoms with Crippen LogP contribution in [0.3, 0.4) is 0 Å². The first-order valence-electron chi connectivity index (χ1n) is 7.59. The molecule has 5 nitrogen and oxygen atoms in total. The second-order valence-electron chi connectivity index (χ2n) is 5.64. The lowest BCUT2D eigenvalue weighted by Crippen LogP contribution is -2.35. The molecule has 1 amide bonds. The molecule has 0 aromatic carbocycles. The summed E-state index contributed by atoms with van der Waals surface area (Å²) in [5.74, 6) is 0.444. The van der Waals surface area contributed by atoms with Gasteiger partial charge < -0.3 is 5.32 Å². The van der Waals surface area contributed by atoms with Gasteiger partial charge in [0.05, 0.1) is 4.34 Å². The van der Waals surface area contributed by atoms with Gasteiger partial charge in [-0.1, -0.05) is 42.5 Å². The minimum atomic E-state index is -3.70. The molecule has 1 aliphatic rings. The van der Waals surface area contributed by atoms with Crippen molar-refractivity contribution in [3.63, 3.8) is 0 Å². The lowest BCUT2D eigenvalue weighted by atomic mass is 9.87. The largest absolute Gasteiger partial charge is 0.355 e. The molecule has 1 heterocycles. The van der Waals surface area contributed by atoms with Crippen LogP contribution in [0.5, 0.6) is 0 Å². The SMILES string of the molecule is O=C(CC1CCCCC1)NCCNS(=O)(=O)c1cc(Cl)sc1Cl. The van der Waals surface area contributed by atoms with Crippen molar-refractivity contribution in [1.29, 1.82) is 0 Å². The fraction of sp³-hybridized carbons (Fsp3) is 0.643. The highest BCUT2D eigenvalue weighted by atomic mass is 35.5. The minimum Gasteiger partial charge on any atom is -0.355 e. The zero-order chi connectivity index (χ0) is 16.9. The van der Waals surface area contributed by atoms with Crippen LogP contribution in [0.1, 0.15) is 38.5 Å². The van der Waals surface area contributed by atoms with E-state index in [1.807, 2.05) is 0 Å². The molecule has 0 unspecified atom stereocenters. The van der Waals surface area contributed by atoms with E-state index in [9.17, 15) is 13.2 Å². The van der Waals surface area contributed by atoms with Gasteiger partial charge in [-0.2, -0.15) is 0 Å². The predicted octanol–water partition coefficient (Wildman–Crippen LogP) is 3.42. The highest BCUT2D eigenvalue weighted by Gasteiger charge is 2.21. The zero-order valence-corrected chi connectivity index (χ0v) is 15.8. The Morgan fingerprint density at radius 3 is 2.52 bits per heavy atom. The summed E-state index contributed by atoms with van der Waals surface area (Å²) < 4.78 is 27.0. The van der Waals surface area contributed by atoms with Gasteiger partial charge in [-0.3, -0.25) is 4.79 Å². The molecule has 0 aliphatic heterocycles. The van der Waals surface area contributed by atoms with Crippen LogP contribution in [0.2, 0.25) is 8.67 Å².